The van der Waals surface area contributed by atoms with Crippen molar-refractivity contribution in [3.63, 3.8) is 0 Å². The van der Waals surface area contributed by atoms with Gasteiger partial charge in [0.05, 0.1) is 11.6 Å². The molecule has 0 atom stereocenters. The van der Waals surface area contributed by atoms with E-state index in [1.54, 1.807) is 41.3 Å². The van der Waals surface area contributed by atoms with Gasteiger partial charge in [0.2, 0.25) is 0 Å². The van der Waals surface area contributed by atoms with Crippen molar-refractivity contribution in [1.29, 1.82) is 5.26 Å². The molecular weight excluding hydrogens is 307 g/mol. The average molecular weight is 324 g/mol. The quantitative estimate of drug-likeness (QED) is 0.923. The van der Waals surface area contributed by atoms with E-state index in [2.05, 4.69) is 10.2 Å². The summed E-state index contributed by atoms with van der Waals surface area (Å²) in [5.74, 6) is -0.251. The van der Waals surface area contributed by atoms with Crippen LogP contribution >= 0.6 is 0 Å². The topological polar surface area (TPSA) is 59.4 Å². The Morgan fingerprint density at radius 2 is 1.62 bits per heavy atom. The molecule has 0 aromatic heterocycles. The van der Waals surface area contributed by atoms with Gasteiger partial charge in [0, 0.05) is 37.6 Å². The molecule has 0 spiro atoms. The van der Waals surface area contributed by atoms with Gasteiger partial charge in [-0.1, -0.05) is 0 Å². The Labute approximate surface area is 139 Å². The van der Waals surface area contributed by atoms with Crippen LogP contribution in [0.25, 0.3) is 0 Å². The molecule has 0 saturated carbocycles. The van der Waals surface area contributed by atoms with E-state index in [4.69, 9.17) is 5.26 Å². The fourth-order valence-electron chi connectivity index (χ4n) is 2.65. The van der Waals surface area contributed by atoms with Gasteiger partial charge in [-0.05, 0) is 48.5 Å². The van der Waals surface area contributed by atoms with Gasteiger partial charge >= 0.3 is 6.03 Å². The van der Waals surface area contributed by atoms with Crippen LogP contribution in [0.5, 0.6) is 0 Å². The monoisotopic (exact) mass is 324 g/mol. The number of nitrogens with zero attached hydrogens (tertiary/aromatic N) is 3. The number of hydrogen-bond donors (Lipinski definition) is 1. The second-order valence-electron chi connectivity index (χ2n) is 5.57. The van der Waals surface area contributed by atoms with Crippen molar-refractivity contribution in [2.24, 2.45) is 0 Å². The van der Waals surface area contributed by atoms with Crippen LogP contribution in [-0.2, 0) is 0 Å². The minimum absolute atomic E-state index is 0.154. The number of halogens is 1. The highest BCUT2D eigenvalue weighted by Gasteiger charge is 2.21. The van der Waals surface area contributed by atoms with Crippen LogP contribution in [0.1, 0.15) is 5.56 Å². The first-order chi connectivity index (χ1) is 11.7. The second-order valence-corrected chi connectivity index (χ2v) is 5.57. The molecule has 1 aliphatic rings. The first-order valence-electron chi connectivity index (χ1n) is 7.72. The van der Waals surface area contributed by atoms with Crippen LogP contribution in [0.3, 0.4) is 0 Å². The van der Waals surface area contributed by atoms with Crippen molar-refractivity contribution in [2.75, 3.05) is 36.4 Å². The van der Waals surface area contributed by atoms with Crippen molar-refractivity contribution in [3.8, 4) is 6.07 Å². The summed E-state index contributed by atoms with van der Waals surface area (Å²) in [4.78, 5) is 16.2. The van der Waals surface area contributed by atoms with E-state index in [-0.39, 0.29) is 11.8 Å². The molecule has 0 bridgehead atoms. The lowest BCUT2D eigenvalue weighted by molar-refractivity contribution is 0.208. The zero-order valence-corrected chi connectivity index (χ0v) is 13.1. The van der Waals surface area contributed by atoms with Gasteiger partial charge < -0.3 is 15.1 Å². The van der Waals surface area contributed by atoms with E-state index in [9.17, 15) is 9.18 Å². The predicted molar refractivity (Wildman–Crippen MR) is 90.4 cm³/mol. The average Bonchev–Trinajstić information content (AvgIpc) is 2.63. The Hall–Kier alpha value is -3.07. The minimum atomic E-state index is -0.251. The van der Waals surface area contributed by atoms with Gasteiger partial charge in [-0.25, -0.2) is 9.18 Å². The summed E-state index contributed by atoms with van der Waals surface area (Å²) in [7, 11) is 0. The van der Waals surface area contributed by atoms with Gasteiger partial charge in [0.25, 0.3) is 0 Å². The number of nitrogens with one attached hydrogen (secondary N) is 1. The molecule has 0 radical (unpaired) electrons. The summed E-state index contributed by atoms with van der Waals surface area (Å²) in [5.41, 5.74) is 2.18. The summed E-state index contributed by atoms with van der Waals surface area (Å²) in [6.07, 6.45) is 0. The maximum atomic E-state index is 13.0. The highest BCUT2D eigenvalue weighted by Crippen LogP contribution is 2.17. The Morgan fingerprint density at radius 3 is 2.21 bits per heavy atom. The summed E-state index contributed by atoms with van der Waals surface area (Å²) in [6, 6.07) is 15.0. The molecule has 1 N–H and O–H groups in total. The Bertz CT molecular complexity index is 744. The lowest BCUT2D eigenvalue weighted by atomic mass is 10.2. The fourth-order valence-corrected chi connectivity index (χ4v) is 2.65. The van der Waals surface area contributed by atoms with E-state index in [1.807, 2.05) is 6.07 Å². The third kappa shape index (κ3) is 3.63. The first kappa shape index (κ1) is 15.8. The van der Waals surface area contributed by atoms with Gasteiger partial charge in [-0.3, -0.25) is 0 Å². The third-order valence-electron chi connectivity index (χ3n) is 4.02. The van der Waals surface area contributed by atoms with Crippen LogP contribution in [0.4, 0.5) is 20.6 Å². The summed E-state index contributed by atoms with van der Waals surface area (Å²) in [5, 5.41) is 11.6. The van der Waals surface area contributed by atoms with Crippen molar-refractivity contribution in [1.82, 2.24) is 4.90 Å². The van der Waals surface area contributed by atoms with Gasteiger partial charge in [-0.15, -0.1) is 0 Å². The molecule has 3 rings (SSSR count). The second kappa shape index (κ2) is 7.01. The number of anilines is 2. The number of carbonyl (C=O) groups excluding carboxylic acids is 1. The standard InChI is InChI=1S/C18H17FN4O/c19-15-3-7-17(8-4-15)22-9-11-23(12-10-22)18(24)21-16-5-1-14(13-20)2-6-16/h1-8H,9-12H2,(H,21,24). The van der Waals surface area contributed by atoms with Crippen LogP contribution < -0.4 is 10.2 Å². The molecule has 0 aliphatic carbocycles. The number of urea groups is 1. The van der Waals surface area contributed by atoms with Gasteiger partial charge in [0.15, 0.2) is 0 Å². The van der Waals surface area contributed by atoms with Crippen molar-refractivity contribution in [3.05, 3.63) is 59.9 Å². The van der Waals surface area contributed by atoms with E-state index in [1.165, 1.54) is 12.1 Å². The van der Waals surface area contributed by atoms with E-state index in [0.717, 1.165) is 5.69 Å². The van der Waals surface area contributed by atoms with E-state index >= 15 is 0 Å². The fraction of sp³-hybridized carbons (Fsp3) is 0.222. The Kier molecular flexibility index (Phi) is 4.62. The number of nitriles is 1. The SMILES string of the molecule is N#Cc1ccc(NC(=O)N2CCN(c3ccc(F)cc3)CC2)cc1. The number of amides is 2. The Morgan fingerprint density at radius 1 is 1.00 bits per heavy atom. The molecule has 2 aromatic carbocycles. The summed E-state index contributed by atoms with van der Waals surface area (Å²) in [6.45, 7) is 2.60. The predicted octanol–water partition coefficient (Wildman–Crippen LogP) is 3.05. The van der Waals surface area contributed by atoms with Crippen LogP contribution in [0.15, 0.2) is 48.5 Å². The van der Waals surface area contributed by atoms with Crippen molar-refractivity contribution in [2.45, 2.75) is 0 Å². The molecule has 1 heterocycles. The number of rotatable bonds is 2. The molecule has 122 valence electrons. The molecule has 24 heavy (non-hydrogen) atoms. The van der Waals surface area contributed by atoms with E-state index < -0.39 is 0 Å². The number of carbonyl (C=O) groups is 1. The van der Waals surface area contributed by atoms with Crippen LogP contribution in [0.2, 0.25) is 0 Å². The molecule has 6 heteroatoms. The zero-order valence-electron chi connectivity index (χ0n) is 13.1. The normalized spacial score (nSPS) is 14.2. The lowest BCUT2D eigenvalue weighted by Gasteiger charge is -2.36. The molecule has 0 unspecified atom stereocenters. The van der Waals surface area contributed by atoms with E-state index in [0.29, 0.717) is 37.4 Å². The van der Waals surface area contributed by atoms with Crippen LogP contribution in [-0.4, -0.2) is 37.1 Å². The molecular formula is C18H17FN4O. The molecule has 5 nitrogen and oxygen atoms in total. The Balaban J connectivity index is 1.54. The largest absolute Gasteiger partial charge is 0.368 e. The number of benzene rings is 2. The molecule has 1 fully saturated rings. The number of piperazine rings is 1. The summed E-state index contributed by atoms with van der Waals surface area (Å²) >= 11 is 0. The maximum Gasteiger partial charge on any atom is 0.321 e. The third-order valence-corrected chi connectivity index (χ3v) is 4.02. The molecule has 2 amide bonds. The smallest absolute Gasteiger partial charge is 0.321 e. The van der Waals surface area contributed by atoms with Crippen LogP contribution in [0, 0.1) is 17.1 Å². The first-order valence-corrected chi connectivity index (χ1v) is 7.72. The zero-order chi connectivity index (χ0) is 16.9. The lowest BCUT2D eigenvalue weighted by Crippen LogP contribution is -2.50. The van der Waals surface area contributed by atoms with Gasteiger partial charge in [0.1, 0.15) is 5.82 Å². The van der Waals surface area contributed by atoms with Gasteiger partial charge in [-0.2, -0.15) is 5.26 Å². The maximum absolute atomic E-state index is 13.0. The molecule has 1 aliphatic heterocycles. The minimum Gasteiger partial charge on any atom is -0.368 e. The summed E-state index contributed by atoms with van der Waals surface area (Å²) < 4.78 is 13.0. The van der Waals surface area contributed by atoms with Crippen molar-refractivity contribution < 1.29 is 9.18 Å². The highest BCUT2D eigenvalue weighted by atomic mass is 19.1. The highest BCUT2D eigenvalue weighted by molar-refractivity contribution is 5.89. The number of hydrogen-bond acceptors (Lipinski definition) is 3. The van der Waals surface area contributed by atoms with Crippen molar-refractivity contribution >= 4 is 17.4 Å². The molecule has 1 saturated heterocycles. The molecule has 2 aromatic rings.